The van der Waals surface area contributed by atoms with Crippen molar-refractivity contribution in [2.45, 2.75) is 19.9 Å². The van der Waals surface area contributed by atoms with Gasteiger partial charge in [0.05, 0.1) is 6.20 Å². The second-order valence-corrected chi connectivity index (χ2v) is 2.75. The van der Waals surface area contributed by atoms with Crippen molar-refractivity contribution in [3.05, 3.63) is 12.6 Å². The van der Waals surface area contributed by atoms with Crippen molar-refractivity contribution in [3.63, 3.8) is 0 Å². The van der Waals surface area contributed by atoms with Crippen LogP contribution in [0.3, 0.4) is 0 Å². The van der Waals surface area contributed by atoms with E-state index in [1.54, 1.807) is 0 Å². The molecule has 0 saturated heterocycles. The summed E-state index contributed by atoms with van der Waals surface area (Å²) in [5.41, 5.74) is 1.43. The number of hydrogen-bond acceptors (Lipinski definition) is 3. The first-order chi connectivity index (χ1) is 5.27. The first-order valence-corrected chi connectivity index (χ1v) is 3.56. The van der Waals surface area contributed by atoms with Crippen LogP contribution in [0, 0.1) is 0 Å². The Kier molecular flexibility index (Phi) is 1.21. The maximum Gasteiger partial charge on any atom is 0.265 e. The van der Waals surface area contributed by atoms with E-state index in [-0.39, 0.29) is 0 Å². The minimum absolute atomic E-state index is 0.361. The van der Waals surface area contributed by atoms with Crippen molar-refractivity contribution >= 4 is 11.2 Å². The van der Waals surface area contributed by atoms with Gasteiger partial charge in [-0.15, -0.1) is 5.10 Å². The van der Waals surface area contributed by atoms with Crippen molar-refractivity contribution in [3.8, 4) is 0 Å². The summed E-state index contributed by atoms with van der Waals surface area (Å²) in [4.78, 5) is 3.97. The van der Waals surface area contributed by atoms with E-state index in [4.69, 9.17) is 4.42 Å². The summed E-state index contributed by atoms with van der Waals surface area (Å²) in [6.45, 7) is 4.12. The summed E-state index contributed by atoms with van der Waals surface area (Å²) in [6.07, 6.45) is 3.28. The number of oxazole rings is 1. The molecule has 0 radical (unpaired) electrons. The van der Waals surface area contributed by atoms with Crippen molar-refractivity contribution in [1.29, 1.82) is 0 Å². The van der Waals surface area contributed by atoms with Gasteiger partial charge in [-0.2, -0.15) is 0 Å². The van der Waals surface area contributed by atoms with Crippen LogP contribution in [0.1, 0.15) is 19.9 Å². The second-order valence-electron chi connectivity index (χ2n) is 2.75. The first-order valence-electron chi connectivity index (χ1n) is 3.56. The van der Waals surface area contributed by atoms with Crippen molar-refractivity contribution < 1.29 is 4.42 Å². The Morgan fingerprint density at radius 2 is 2.36 bits per heavy atom. The highest BCUT2D eigenvalue weighted by Crippen LogP contribution is 2.12. The van der Waals surface area contributed by atoms with E-state index in [1.165, 1.54) is 6.39 Å². The molecular weight excluding hydrogens is 142 g/mol. The van der Waals surface area contributed by atoms with Crippen LogP contribution in [-0.2, 0) is 0 Å². The van der Waals surface area contributed by atoms with Gasteiger partial charge in [-0.3, -0.25) is 4.68 Å². The largest absolute Gasteiger partial charge is 0.424 e. The highest BCUT2D eigenvalue weighted by molar-refractivity contribution is 5.66. The van der Waals surface area contributed by atoms with Gasteiger partial charge in [0, 0.05) is 6.04 Å². The minimum Gasteiger partial charge on any atom is -0.424 e. The Morgan fingerprint density at radius 1 is 1.55 bits per heavy atom. The van der Waals surface area contributed by atoms with Crippen molar-refractivity contribution in [1.82, 2.24) is 14.8 Å². The predicted octanol–water partition coefficient (Wildman–Crippen LogP) is 1.61. The molecule has 0 aliphatic heterocycles. The van der Waals surface area contributed by atoms with Crippen LogP contribution in [0.25, 0.3) is 11.2 Å². The quantitative estimate of drug-likeness (QED) is 0.621. The van der Waals surface area contributed by atoms with Gasteiger partial charge in [0.15, 0.2) is 6.39 Å². The maximum atomic E-state index is 5.01. The van der Waals surface area contributed by atoms with Crippen LogP contribution in [-0.4, -0.2) is 14.8 Å². The number of nitrogens with zero attached hydrogens (tertiary/aromatic N) is 3. The number of hydrogen-bond donors (Lipinski definition) is 0. The molecule has 0 unspecified atom stereocenters. The molecule has 0 N–H and O–H groups in total. The molecule has 2 aromatic heterocycles. The molecule has 0 saturated carbocycles. The zero-order valence-electron chi connectivity index (χ0n) is 6.48. The zero-order valence-corrected chi connectivity index (χ0v) is 6.48. The topological polar surface area (TPSA) is 43.9 Å². The van der Waals surface area contributed by atoms with E-state index in [9.17, 15) is 0 Å². The monoisotopic (exact) mass is 151 g/mol. The normalized spacial score (nSPS) is 11.5. The molecule has 0 aromatic carbocycles. The number of aromatic nitrogens is 3. The molecule has 4 heteroatoms. The van der Waals surface area contributed by atoms with Crippen LogP contribution < -0.4 is 0 Å². The van der Waals surface area contributed by atoms with Gasteiger partial charge in [-0.25, -0.2) is 4.98 Å². The summed E-state index contributed by atoms with van der Waals surface area (Å²) >= 11 is 0. The van der Waals surface area contributed by atoms with E-state index in [0.29, 0.717) is 11.8 Å². The Balaban J connectivity index is 2.58. The maximum absolute atomic E-state index is 5.01. The van der Waals surface area contributed by atoms with E-state index in [2.05, 4.69) is 23.9 Å². The predicted molar refractivity (Wildman–Crippen MR) is 40.2 cm³/mol. The van der Waals surface area contributed by atoms with Gasteiger partial charge in [-0.1, -0.05) is 0 Å². The Labute approximate surface area is 63.8 Å². The average molecular weight is 151 g/mol. The third-order valence-electron chi connectivity index (χ3n) is 1.57. The molecule has 0 aliphatic rings. The molecule has 0 fully saturated rings. The summed E-state index contributed by atoms with van der Waals surface area (Å²) in [6, 6.07) is 0.361. The highest BCUT2D eigenvalue weighted by Gasteiger charge is 2.05. The van der Waals surface area contributed by atoms with Crippen LogP contribution in [0.15, 0.2) is 17.0 Å². The molecule has 2 aromatic rings. The average Bonchev–Trinajstić information content (AvgIpc) is 2.40. The third-order valence-corrected chi connectivity index (χ3v) is 1.57. The number of rotatable bonds is 1. The second kappa shape index (κ2) is 2.08. The fourth-order valence-electron chi connectivity index (χ4n) is 0.936. The molecule has 0 bridgehead atoms. The lowest BCUT2D eigenvalue weighted by molar-refractivity contribution is 0.510. The van der Waals surface area contributed by atoms with E-state index in [1.807, 2.05) is 10.9 Å². The standard InChI is InChI=1S/C7H9N3O/c1-5(2)10-3-6-7(9-10)11-4-8-6/h3-5H,1-2H3. The summed E-state index contributed by atoms with van der Waals surface area (Å²) in [7, 11) is 0. The van der Waals surface area contributed by atoms with Gasteiger partial charge >= 0.3 is 0 Å². The third kappa shape index (κ3) is 0.906. The summed E-state index contributed by atoms with van der Waals surface area (Å²) in [5.74, 6) is 0. The van der Waals surface area contributed by atoms with Gasteiger partial charge < -0.3 is 4.42 Å². The SMILES string of the molecule is CC(C)n1cc2ncoc2n1. The molecule has 0 amide bonds. The molecule has 58 valence electrons. The fourth-order valence-corrected chi connectivity index (χ4v) is 0.936. The molecule has 0 aliphatic carbocycles. The minimum atomic E-state index is 0.361. The lowest BCUT2D eigenvalue weighted by Gasteiger charge is -2.01. The van der Waals surface area contributed by atoms with Gasteiger partial charge in [-0.05, 0) is 13.8 Å². The molecule has 0 spiro atoms. The summed E-state index contributed by atoms with van der Waals surface area (Å²) < 4.78 is 6.84. The lowest BCUT2D eigenvalue weighted by Crippen LogP contribution is -1.99. The molecule has 2 rings (SSSR count). The lowest BCUT2D eigenvalue weighted by atomic mass is 10.4. The van der Waals surface area contributed by atoms with Crippen LogP contribution in [0.2, 0.25) is 0 Å². The summed E-state index contributed by atoms with van der Waals surface area (Å²) in [5, 5.41) is 4.16. The molecule has 4 nitrogen and oxygen atoms in total. The Bertz CT molecular complexity index is 332. The Morgan fingerprint density at radius 3 is 3.00 bits per heavy atom. The van der Waals surface area contributed by atoms with Crippen molar-refractivity contribution in [2.75, 3.05) is 0 Å². The van der Waals surface area contributed by atoms with E-state index in [0.717, 1.165) is 5.52 Å². The number of fused-ring (bicyclic) bond motifs is 1. The van der Waals surface area contributed by atoms with Crippen LogP contribution in [0.4, 0.5) is 0 Å². The smallest absolute Gasteiger partial charge is 0.265 e. The van der Waals surface area contributed by atoms with Crippen LogP contribution >= 0.6 is 0 Å². The van der Waals surface area contributed by atoms with Crippen molar-refractivity contribution in [2.24, 2.45) is 0 Å². The molecular formula is C7H9N3O. The van der Waals surface area contributed by atoms with Crippen LogP contribution in [0.5, 0.6) is 0 Å². The fraction of sp³-hybridized carbons (Fsp3) is 0.429. The first kappa shape index (κ1) is 6.39. The molecule has 11 heavy (non-hydrogen) atoms. The van der Waals surface area contributed by atoms with Gasteiger partial charge in [0.2, 0.25) is 0 Å². The molecule has 2 heterocycles. The molecule has 0 atom stereocenters. The Hall–Kier alpha value is -1.32. The van der Waals surface area contributed by atoms with Gasteiger partial charge in [0.25, 0.3) is 5.71 Å². The highest BCUT2D eigenvalue weighted by atomic mass is 16.3. The zero-order chi connectivity index (χ0) is 7.84. The van der Waals surface area contributed by atoms with E-state index < -0.39 is 0 Å². The van der Waals surface area contributed by atoms with E-state index >= 15 is 0 Å². The van der Waals surface area contributed by atoms with Gasteiger partial charge in [0.1, 0.15) is 5.52 Å².